The number of aromatic nitrogens is 1. The van der Waals surface area contributed by atoms with Gasteiger partial charge in [0, 0.05) is 32.5 Å². The number of ether oxygens (including phenoxy) is 2. The van der Waals surface area contributed by atoms with Crippen LogP contribution < -0.4 is 10.4 Å². The number of hydrogen-bond donors (Lipinski definition) is 2. The normalized spacial score (nSPS) is 19.3. The zero-order chi connectivity index (χ0) is 15.2. The van der Waals surface area contributed by atoms with Gasteiger partial charge in [-0.05, 0) is 38.7 Å². The fraction of sp³-hybridized carbons (Fsp3) is 0.357. The van der Waals surface area contributed by atoms with E-state index in [1.165, 1.54) is 12.3 Å². The molecule has 3 unspecified atom stereocenters. The van der Waals surface area contributed by atoms with Crippen molar-refractivity contribution in [1.29, 1.82) is 0 Å². The van der Waals surface area contributed by atoms with E-state index in [4.69, 9.17) is 9.47 Å². The summed E-state index contributed by atoms with van der Waals surface area (Å²) >= 11 is 0. The number of halogens is 1. The second-order valence-electron chi connectivity index (χ2n) is 4.58. The summed E-state index contributed by atoms with van der Waals surface area (Å²) < 4.78 is 24.3. The molecule has 2 N–H and O–H groups in total. The van der Waals surface area contributed by atoms with Crippen LogP contribution in [0.3, 0.4) is 0 Å². The van der Waals surface area contributed by atoms with Crippen molar-refractivity contribution in [2.24, 2.45) is 0 Å². The molecule has 21 heavy (non-hydrogen) atoms. The van der Waals surface area contributed by atoms with Crippen molar-refractivity contribution in [3.8, 4) is 0 Å². The summed E-state index contributed by atoms with van der Waals surface area (Å²) in [5.41, 5.74) is 1.75. The van der Waals surface area contributed by atoms with Gasteiger partial charge in [-0.1, -0.05) is 0 Å². The summed E-state index contributed by atoms with van der Waals surface area (Å²) in [5, 5.41) is 5.80. The number of nitrogens with zero attached hydrogens (tertiary/aromatic N) is 1. The van der Waals surface area contributed by atoms with E-state index in [9.17, 15) is 4.39 Å². The van der Waals surface area contributed by atoms with E-state index in [1.807, 2.05) is 12.1 Å². The summed E-state index contributed by atoms with van der Waals surface area (Å²) in [6.45, 7) is 0.418. The van der Waals surface area contributed by atoms with Crippen molar-refractivity contribution in [3.63, 3.8) is 0 Å². The van der Waals surface area contributed by atoms with Gasteiger partial charge >= 0.3 is 0 Å². The third-order valence-electron chi connectivity index (χ3n) is 3.29. The Bertz CT molecular complexity index is 551. The van der Waals surface area contributed by atoms with Crippen LogP contribution in [0.5, 0.6) is 0 Å². The van der Waals surface area contributed by atoms with Crippen LogP contribution in [-0.4, -0.2) is 32.0 Å². The maximum absolute atomic E-state index is 13.6. The molecule has 0 spiro atoms. The summed E-state index contributed by atoms with van der Waals surface area (Å²) in [5.74, 6) is 0.248. The SMILES string of the molecule is COCC(C1=CC(F)=CNC1OC)c1ccnc(NP)c1. The van der Waals surface area contributed by atoms with E-state index >= 15 is 0 Å². The Hall–Kier alpha value is -1.49. The first-order valence-electron chi connectivity index (χ1n) is 6.47. The van der Waals surface area contributed by atoms with Crippen LogP contribution in [0.4, 0.5) is 10.2 Å². The van der Waals surface area contributed by atoms with Crippen molar-refractivity contribution < 1.29 is 13.9 Å². The molecule has 0 aromatic carbocycles. The number of pyridine rings is 1. The van der Waals surface area contributed by atoms with Crippen LogP contribution in [0, 0.1) is 0 Å². The van der Waals surface area contributed by atoms with Crippen molar-refractivity contribution in [1.82, 2.24) is 10.3 Å². The van der Waals surface area contributed by atoms with Gasteiger partial charge in [0.25, 0.3) is 0 Å². The van der Waals surface area contributed by atoms with Crippen LogP contribution in [0.2, 0.25) is 0 Å². The highest BCUT2D eigenvalue weighted by atomic mass is 31.0. The highest BCUT2D eigenvalue weighted by Crippen LogP contribution is 2.31. The van der Waals surface area contributed by atoms with Gasteiger partial charge in [-0.3, -0.25) is 0 Å². The maximum atomic E-state index is 13.6. The Morgan fingerprint density at radius 3 is 3.00 bits per heavy atom. The number of methoxy groups -OCH3 is 2. The minimum Gasteiger partial charge on any atom is -0.384 e. The molecular weight excluding hydrogens is 292 g/mol. The molecule has 0 amide bonds. The maximum Gasteiger partial charge on any atom is 0.150 e. The van der Waals surface area contributed by atoms with Crippen LogP contribution in [0.15, 0.2) is 42.0 Å². The number of dihydropyridines is 1. The van der Waals surface area contributed by atoms with Gasteiger partial charge in [-0.25, -0.2) is 9.37 Å². The van der Waals surface area contributed by atoms with Crippen LogP contribution in [0.25, 0.3) is 0 Å². The van der Waals surface area contributed by atoms with E-state index in [2.05, 4.69) is 24.8 Å². The zero-order valence-electron chi connectivity index (χ0n) is 12.0. The van der Waals surface area contributed by atoms with Crippen molar-refractivity contribution in [2.75, 3.05) is 25.9 Å². The fourth-order valence-electron chi connectivity index (χ4n) is 2.31. The van der Waals surface area contributed by atoms with E-state index in [1.54, 1.807) is 20.4 Å². The highest BCUT2D eigenvalue weighted by Gasteiger charge is 2.26. The predicted molar refractivity (Wildman–Crippen MR) is 83.4 cm³/mol. The number of nitrogens with one attached hydrogen (secondary N) is 2. The first kappa shape index (κ1) is 15.9. The molecule has 0 bridgehead atoms. The second-order valence-corrected chi connectivity index (χ2v) is 4.87. The molecule has 1 aromatic rings. The second kappa shape index (κ2) is 7.50. The fourth-order valence-corrected chi connectivity index (χ4v) is 2.47. The molecule has 2 heterocycles. The molecule has 0 fully saturated rings. The van der Waals surface area contributed by atoms with Gasteiger partial charge in [0.15, 0.2) is 0 Å². The number of anilines is 1. The molecular formula is C14H19FN3O2P. The van der Waals surface area contributed by atoms with E-state index in [0.717, 1.165) is 11.1 Å². The standard InChI is InChI=1S/C14H19FN3O2P/c1-19-8-12(9-3-4-16-13(5-9)18-21)11-6-10(15)7-17-14(11)20-2/h3-7,12,14,17H,8,21H2,1-2H3,(H,16,18). The lowest BCUT2D eigenvalue weighted by atomic mass is 9.89. The molecule has 7 heteroatoms. The molecule has 0 aliphatic carbocycles. The van der Waals surface area contributed by atoms with Crippen molar-refractivity contribution >= 4 is 15.2 Å². The Labute approximate surface area is 125 Å². The summed E-state index contributed by atoms with van der Waals surface area (Å²) in [6.07, 6.45) is 4.10. The van der Waals surface area contributed by atoms with Crippen LogP contribution in [-0.2, 0) is 9.47 Å². The third-order valence-corrected chi connectivity index (χ3v) is 3.58. The molecule has 5 nitrogen and oxygen atoms in total. The van der Waals surface area contributed by atoms with Crippen LogP contribution in [0.1, 0.15) is 11.5 Å². The average molecular weight is 311 g/mol. The van der Waals surface area contributed by atoms with Gasteiger partial charge in [0.05, 0.1) is 6.61 Å². The lowest BCUT2D eigenvalue weighted by molar-refractivity contribution is 0.0982. The summed E-state index contributed by atoms with van der Waals surface area (Å²) in [6, 6.07) is 3.79. The largest absolute Gasteiger partial charge is 0.384 e. The van der Waals surface area contributed by atoms with E-state index in [0.29, 0.717) is 12.4 Å². The molecule has 0 saturated carbocycles. The number of rotatable bonds is 6. The van der Waals surface area contributed by atoms with Gasteiger partial charge in [0.1, 0.15) is 17.9 Å². The Morgan fingerprint density at radius 1 is 1.52 bits per heavy atom. The minimum absolute atomic E-state index is 0.132. The molecule has 0 radical (unpaired) electrons. The molecule has 1 aromatic heterocycles. The quantitative estimate of drug-likeness (QED) is 0.790. The Balaban J connectivity index is 2.39. The third kappa shape index (κ3) is 3.79. The summed E-state index contributed by atoms with van der Waals surface area (Å²) in [7, 11) is 5.60. The minimum atomic E-state index is -0.384. The van der Waals surface area contributed by atoms with E-state index in [-0.39, 0.29) is 18.0 Å². The molecule has 1 aliphatic heterocycles. The molecule has 2 rings (SSSR count). The lowest BCUT2D eigenvalue weighted by Gasteiger charge is -2.29. The highest BCUT2D eigenvalue weighted by molar-refractivity contribution is 7.18. The number of hydrogen-bond acceptors (Lipinski definition) is 5. The van der Waals surface area contributed by atoms with E-state index < -0.39 is 0 Å². The van der Waals surface area contributed by atoms with Gasteiger partial charge in [-0.15, -0.1) is 0 Å². The average Bonchev–Trinajstić information content (AvgIpc) is 2.52. The zero-order valence-corrected chi connectivity index (χ0v) is 13.1. The smallest absolute Gasteiger partial charge is 0.150 e. The van der Waals surface area contributed by atoms with Crippen LogP contribution >= 0.6 is 9.39 Å². The number of allylic oxidation sites excluding steroid dienone is 2. The predicted octanol–water partition coefficient (Wildman–Crippen LogP) is 2.33. The Kier molecular flexibility index (Phi) is 5.67. The van der Waals surface area contributed by atoms with Crippen molar-refractivity contribution in [2.45, 2.75) is 12.1 Å². The first-order chi connectivity index (χ1) is 10.2. The molecule has 0 saturated heterocycles. The monoisotopic (exact) mass is 311 g/mol. The Morgan fingerprint density at radius 2 is 2.33 bits per heavy atom. The lowest BCUT2D eigenvalue weighted by Crippen LogP contribution is -2.34. The first-order valence-corrected chi connectivity index (χ1v) is 7.04. The van der Waals surface area contributed by atoms with Gasteiger partial charge < -0.3 is 19.9 Å². The molecule has 3 atom stereocenters. The van der Waals surface area contributed by atoms with Gasteiger partial charge in [0.2, 0.25) is 0 Å². The molecule has 114 valence electrons. The topological polar surface area (TPSA) is 55.4 Å². The van der Waals surface area contributed by atoms with Gasteiger partial charge in [-0.2, -0.15) is 0 Å². The molecule has 1 aliphatic rings. The summed E-state index contributed by atoms with van der Waals surface area (Å²) in [4.78, 5) is 4.18. The van der Waals surface area contributed by atoms with Crippen molar-refractivity contribution in [3.05, 3.63) is 47.6 Å².